The second-order valence-corrected chi connectivity index (χ2v) is 12.1. The first-order valence-corrected chi connectivity index (χ1v) is 14.3. The van der Waals surface area contributed by atoms with Gasteiger partial charge in [0.25, 0.3) is 0 Å². The summed E-state index contributed by atoms with van der Waals surface area (Å²) in [6, 6.07) is 8.57. The van der Waals surface area contributed by atoms with Crippen LogP contribution in [0.1, 0.15) is 59.5 Å². The molecular formula is C27H32N6O2S2. The van der Waals surface area contributed by atoms with Gasteiger partial charge in [0.05, 0.1) is 16.8 Å². The fraction of sp³-hybridized carbons (Fsp3) is 0.481. The van der Waals surface area contributed by atoms with Crippen LogP contribution in [0.5, 0.6) is 0 Å². The Balaban J connectivity index is 1.10. The summed E-state index contributed by atoms with van der Waals surface area (Å²) in [5, 5.41) is 3.52. The van der Waals surface area contributed by atoms with Gasteiger partial charge >= 0.3 is 0 Å². The molecule has 6 rings (SSSR count). The molecular weight excluding hydrogens is 504 g/mol. The minimum absolute atomic E-state index is 0.130. The van der Waals surface area contributed by atoms with Crippen molar-refractivity contribution in [2.75, 3.05) is 31.1 Å². The second-order valence-electron chi connectivity index (χ2n) is 10.5. The van der Waals surface area contributed by atoms with Crippen molar-refractivity contribution >= 4 is 51.8 Å². The van der Waals surface area contributed by atoms with Crippen LogP contribution in [0.3, 0.4) is 0 Å². The standard InChI is InChI=1S/C27H32N6O2S2/c1-16(2)22-12-20-24(28-15-29-26(20)37-22)32-9-7-31(8-10-32)13-17-3-4-19-18(11-17)14-33(27(19)36)21-5-6-23(34)30-25(21)35/h3-4,11-12,15-16,21,27,36H,5-10,13-14H2,1-2H3,(H,30,34,35). The van der Waals surface area contributed by atoms with Crippen LogP contribution in [0.15, 0.2) is 30.6 Å². The smallest absolute Gasteiger partial charge is 0.243 e. The third kappa shape index (κ3) is 4.76. The quantitative estimate of drug-likeness (QED) is 0.380. The number of piperazine rings is 1. The van der Waals surface area contributed by atoms with Gasteiger partial charge in [0.1, 0.15) is 17.0 Å². The molecule has 10 heteroatoms. The van der Waals surface area contributed by atoms with Crippen molar-refractivity contribution in [2.24, 2.45) is 0 Å². The Morgan fingerprint density at radius 2 is 1.95 bits per heavy atom. The first kappa shape index (κ1) is 24.8. The van der Waals surface area contributed by atoms with Crippen LogP contribution in [-0.4, -0.2) is 63.8 Å². The summed E-state index contributed by atoms with van der Waals surface area (Å²) in [7, 11) is 0. The van der Waals surface area contributed by atoms with Crippen molar-refractivity contribution in [1.29, 1.82) is 0 Å². The van der Waals surface area contributed by atoms with Crippen molar-refractivity contribution in [3.63, 3.8) is 0 Å². The van der Waals surface area contributed by atoms with Gasteiger partial charge in [-0.3, -0.25) is 24.7 Å². The van der Waals surface area contributed by atoms with E-state index in [-0.39, 0.29) is 23.2 Å². The molecule has 5 heterocycles. The molecule has 194 valence electrons. The van der Waals surface area contributed by atoms with E-state index in [2.05, 4.69) is 68.1 Å². The highest BCUT2D eigenvalue weighted by Gasteiger charge is 2.39. The van der Waals surface area contributed by atoms with E-state index >= 15 is 0 Å². The molecule has 0 spiro atoms. The van der Waals surface area contributed by atoms with Crippen LogP contribution >= 0.6 is 24.0 Å². The Hall–Kier alpha value is -2.53. The van der Waals surface area contributed by atoms with Gasteiger partial charge < -0.3 is 4.90 Å². The van der Waals surface area contributed by atoms with Crippen molar-refractivity contribution in [3.8, 4) is 0 Å². The summed E-state index contributed by atoms with van der Waals surface area (Å²) in [4.78, 5) is 42.6. The lowest BCUT2D eigenvalue weighted by Crippen LogP contribution is -2.51. The molecule has 2 aromatic heterocycles. The van der Waals surface area contributed by atoms with Gasteiger partial charge in [0.15, 0.2) is 0 Å². The number of thiol groups is 1. The third-order valence-corrected chi connectivity index (χ3v) is 9.66. The number of aromatic nitrogens is 2. The number of hydrogen-bond donors (Lipinski definition) is 2. The number of amides is 2. The summed E-state index contributed by atoms with van der Waals surface area (Å²) >= 11 is 6.59. The minimum Gasteiger partial charge on any atom is -0.353 e. The molecule has 2 fully saturated rings. The van der Waals surface area contributed by atoms with Crippen LogP contribution in [0.25, 0.3) is 10.2 Å². The highest BCUT2D eigenvalue weighted by molar-refractivity contribution is 7.80. The van der Waals surface area contributed by atoms with E-state index in [4.69, 9.17) is 12.6 Å². The number of carbonyl (C=O) groups is 2. The molecule has 1 N–H and O–H groups in total. The number of nitrogens with one attached hydrogen (secondary N) is 1. The van der Waals surface area contributed by atoms with Gasteiger partial charge in [0, 0.05) is 50.6 Å². The Morgan fingerprint density at radius 1 is 1.14 bits per heavy atom. The summed E-state index contributed by atoms with van der Waals surface area (Å²) < 4.78 is 0. The van der Waals surface area contributed by atoms with Crippen LogP contribution in [0.4, 0.5) is 5.82 Å². The molecule has 2 amide bonds. The van der Waals surface area contributed by atoms with Crippen LogP contribution in [0.2, 0.25) is 0 Å². The average molecular weight is 537 g/mol. The zero-order valence-corrected chi connectivity index (χ0v) is 22.9. The molecule has 8 nitrogen and oxygen atoms in total. The van der Waals surface area contributed by atoms with E-state index < -0.39 is 0 Å². The van der Waals surface area contributed by atoms with Crippen LogP contribution < -0.4 is 10.2 Å². The monoisotopic (exact) mass is 536 g/mol. The van der Waals surface area contributed by atoms with Crippen molar-refractivity contribution in [3.05, 3.63) is 52.2 Å². The van der Waals surface area contributed by atoms with Gasteiger partial charge in [-0.2, -0.15) is 12.6 Å². The Bertz CT molecular complexity index is 1350. The molecule has 3 aliphatic rings. The SMILES string of the molecule is CC(C)c1cc2c(N3CCN(Cc4ccc5c(c4)CN(C4CCC(=O)NC4=O)C5S)CC3)ncnc2s1. The van der Waals surface area contributed by atoms with E-state index in [9.17, 15) is 9.59 Å². The fourth-order valence-electron chi connectivity index (χ4n) is 5.66. The largest absolute Gasteiger partial charge is 0.353 e. The third-order valence-electron chi connectivity index (χ3n) is 7.74. The molecule has 2 unspecified atom stereocenters. The Morgan fingerprint density at radius 3 is 2.70 bits per heavy atom. The maximum absolute atomic E-state index is 12.4. The predicted molar refractivity (Wildman–Crippen MR) is 149 cm³/mol. The summed E-state index contributed by atoms with van der Waals surface area (Å²) in [5.41, 5.74) is 3.66. The van der Waals surface area contributed by atoms with Gasteiger partial charge in [-0.25, -0.2) is 9.97 Å². The number of hydrogen-bond acceptors (Lipinski definition) is 9. The number of carbonyl (C=O) groups excluding carboxylic acids is 2. The molecule has 37 heavy (non-hydrogen) atoms. The topological polar surface area (TPSA) is 81.7 Å². The van der Waals surface area contributed by atoms with Gasteiger partial charge in [-0.15, -0.1) is 11.3 Å². The minimum atomic E-state index is -0.308. The van der Waals surface area contributed by atoms with Crippen LogP contribution in [-0.2, 0) is 22.7 Å². The zero-order chi connectivity index (χ0) is 25.7. The Kier molecular flexibility index (Phi) is 6.68. The van der Waals surface area contributed by atoms with E-state index in [1.807, 2.05) is 0 Å². The first-order chi connectivity index (χ1) is 17.9. The number of thiophene rings is 1. The Labute approximate surface area is 226 Å². The molecule has 1 aromatic carbocycles. The lowest BCUT2D eigenvalue weighted by molar-refractivity contribution is -0.137. The molecule has 2 saturated heterocycles. The van der Waals surface area contributed by atoms with Crippen molar-refractivity contribution in [1.82, 2.24) is 25.1 Å². The summed E-state index contributed by atoms with van der Waals surface area (Å²) in [6.45, 7) is 9.84. The fourth-order valence-corrected chi connectivity index (χ4v) is 7.15. The maximum atomic E-state index is 12.4. The second kappa shape index (κ2) is 9.98. The number of nitrogens with zero attached hydrogens (tertiary/aromatic N) is 5. The molecule has 0 radical (unpaired) electrons. The number of anilines is 1. The van der Waals surface area contributed by atoms with Gasteiger partial charge in [-0.05, 0) is 35.1 Å². The lowest BCUT2D eigenvalue weighted by Gasteiger charge is -2.35. The molecule has 0 bridgehead atoms. The lowest BCUT2D eigenvalue weighted by atomic mass is 10.0. The molecule has 3 aliphatic heterocycles. The van der Waals surface area contributed by atoms with Crippen LogP contribution in [0, 0.1) is 0 Å². The normalized spacial score (nSPS) is 23.2. The number of piperidine rings is 1. The average Bonchev–Trinajstić information content (AvgIpc) is 3.46. The van der Waals surface area contributed by atoms with E-state index in [0.29, 0.717) is 25.3 Å². The molecule has 0 aliphatic carbocycles. The maximum Gasteiger partial charge on any atom is 0.243 e. The zero-order valence-electron chi connectivity index (χ0n) is 21.2. The highest BCUT2D eigenvalue weighted by atomic mass is 32.1. The predicted octanol–water partition coefficient (Wildman–Crippen LogP) is 3.69. The summed E-state index contributed by atoms with van der Waals surface area (Å²) in [6.07, 6.45) is 2.63. The van der Waals surface area contributed by atoms with Crippen molar-refractivity contribution in [2.45, 2.75) is 57.1 Å². The van der Waals surface area contributed by atoms with E-state index in [1.165, 1.54) is 21.4 Å². The van der Waals surface area contributed by atoms with Gasteiger partial charge in [-0.1, -0.05) is 32.0 Å². The summed E-state index contributed by atoms with van der Waals surface area (Å²) in [5.74, 6) is 1.16. The molecule has 0 saturated carbocycles. The number of benzene rings is 1. The first-order valence-electron chi connectivity index (χ1n) is 13.0. The van der Waals surface area contributed by atoms with E-state index in [1.54, 1.807) is 17.7 Å². The van der Waals surface area contributed by atoms with Crippen molar-refractivity contribution < 1.29 is 9.59 Å². The molecule has 2 atom stereocenters. The van der Waals surface area contributed by atoms with E-state index in [0.717, 1.165) is 48.9 Å². The highest BCUT2D eigenvalue weighted by Crippen LogP contribution is 2.40. The molecule has 3 aromatic rings. The van der Waals surface area contributed by atoms with Gasteiger partial charge in [0.2, 0.25) is 11.8 Å². The number of imide groups is 1. The number of fused-ring (bicyclic) bond motifs is 2. The number of rotatable bonds is 5.